The molecule has 0 bridgehead atoms. The first kappa shape index (κ1) is 26.7. The van der Waals surface area contributed by atoms with Crippen molar-refractivity contribution in [1.82, 2.24) is 14.8 Å². The van der Waals surface area contributed by atoms with Gasteiger partial charge in [0.2, 0.25) is 0 Å². The van der Waals surface area contributed by atoms with E-state index in [0.29, 0.717) is 59.3 Å². The maximum atomic E-state index is 12.1. The summed E-state index contributed by atoms with van der Waals surface area (Å²) in [6, 6.07) is 10.7. The van der Waals surface area contributed by atoms with Crippen molar-refractivity contribution in [2.45, 2.75) is 25.5 Å². The van der Waals surface area contributed by atoms with Gasteiger partial charge in [-0.1, -0.05) is 18.7 Å². The number of hydrogen-bond acceptors (Lipinski definition) is 8. The van der Waals surface area contributed by atoms with Crippen LogP contribution in [0.15, 0.2) is 59.1 Å². The van der Waals surface area contributed by atoms with Crippen molar-refractivity contribution in [3.8, 4) is 34.4 Å². The van der Waals surface area contributed by atoms with Gasteiger partial charge in [-0.2, -0.15) is 0 Å². The Morgan fingerprint density at radius 2 is 1.78 bits per heavy atom. The van der Waals surface area contributed by atoms with Crippen LogP contribution in [0, 0.1) is 0 Å². The van der Waals surface area contributed by atoms with Crippen LogP contribution in [0.5, 0.6) is 23.0 Å². The second kappa shape index (κ2) is 12.7. The van der Waals surface area contributed by atoms with Crippen LogP contribution in [-0.2, 0) is 11.3 Å². The number of carbonyl (C=O) groups is 1. The van der Waals surface area contributed by atoms with Crippen LogP contribution >= 0.6 is 11.8 Å². The van der Waals surface area contributed by atoms with Gasteiger partial charge in [-0.05, 0) is 61.5 Å². The molecule has 0 radical (unpaired) electrons. The van der Waals surface area contributed by atoms with E-state index in [1.807, 2.05) is 30.5 Å². The van der Waals surface area contributed by atoms with Gasteiger partial charge in [-0.25, -0.2) is 4.79 Å². The smallest absolute Gasteiger partial charge is 0.342 e. The van der Waals surface area contributed by atoms with Crippen molar-refractivity contribution in [1.29, 1.82) is 0 Å². The highest BCUT2D eigenvalue weighted by Gasteiger charge is 2.19. The van der Waals surface area contributed by atoms with Crippen molar-refractivity contribution in [3.63, 3.8) is 0 Å². The highest BCUT2D eigenvalue weighted by Crippen LogP contribution is 2.35. The molecule has 0 saturated carbocycles. The lowest BCUT2D eigenvalue weighted by atomic mass is 10.2. The van der Waals surface area contributed by atoms with Crippen LogP contribution < -0.4 is 18.9 Å². The number of carboxylic acid groups (broad SMARTS) is 1. The number of carboxylic acids is 1. The van der Waals surface area contributed by atoms with E-state index in [4.69, 9.17) is 18.9 Å². The highest BCUT2D eigenvalue weighted by atomic mass is 32.2. The number of ether oxygens (including phenoxy) is 4. The molecule has 9 nitrogen and oxygen atoms in total. The fourth-order valence-corrected chi connectivity index (χ4v) is 4.22. The second-order valence-corrected chi connectivity index (χ2v) is 8.32. The third-order valence-corrected chi connectivity index (χ3v) is 5.97. The molecule has 0 aliphatic heterocycles. The van der Waals surface area contributed by atoms with E-state index in [2.05, 4.69) is 16.8 Å². The van der Waals surface area contributed by atoms with Gasteiger partial charge in [0, 0.05) is 18.2 Å². The maximum Gasteiger partial charge on any atom is 0.342 e. The highest BCUT2D eigenvalue weighted by molar-refractivity contribution is 8.04. The van der Waals surface area contributed by atoms with Gasteiger partial charge >= 0.3 is 5.97 Å². The van der Waals surface area contributed by atoms with E-state index in [9.17, 15) is 9.90 Å². The van der Waals surface area contributed by atoms with Crippen molar-refractivity contribution in [3.05, 3.63) is 59.5 Å². The van der Waals surface area contributed by atoms with Gasteiger partial charge in [0.15, 0.2) is 22.5 Å². The first-order valence-corrected chi connectivity index (χ1v) is 12.1. The number of hydrogen-bond donors (Lipinski definition) is 1. The van der Waals surface area contributed by atoms with Crippen LogP contribution in [0.2, 0.25) is 0 Å². The minimum atomic E-state index is -1.08. The molecule has 10 heteroatoms. The molecule has 0 aliphatic rings. The van der Waals surface area contributed by atoms with Gasteiger partial charge in [-0.3, -0.25) is 0 Å². The van der Waals surface area contributed by atoms with E-state index in [-0.39, 0.29) is 4.91 Å². The summed E-state index contributed by atoms with van der Waals surface area (Å²) >= 11 is 1.02. The molecule has 1 heterocycles. The van der Waals surface area contributed by atoms with Crippen LogP contribution in [0.25, 0.3) is 17.5 Å². The Kier molecular flexibility index (Phi) is 9.40. The van der Waals surface area contributed by atoms with E-state index < -0.39 is 5.97 Å². The fourth-order valence-electron chi connectivity index (χ4n) is 3.33. The van der Waals surface area contributed by atoms with E-state index >= 15 is 0 Å². The summed E-state index contributed by atoms with van der Waals surface area (Å²) in [6.45, 7) is 8.76. The first-order chi connectivity index (χ1) is 17.4. The molecule has 2 aromatic carbocycles. The summed E-state index contributed by atoms with van der Waals surface area (Å²) < 4.78 is 23.9. The topological polar surface area (TPSA) is 105 Å². The Morgan fingerprint density at radius 1 is 1.06 bits per heavy atom. The lowest BCUT2D eigenvalue weighted by molar-refractivity contribution is -0.131. The van der Waals surface area contributed by atoms with Crippen LogP contribution in [-0.4, -0.2) is 53.3 Å². The van der Waals surface area contributed by atoms with Gasteiger partial charge in [0.1, 0.15) is 23.0 Å². The number of aliphatic carboxylic acids is 1. The molecule has 0 amide bonds. The lowest BCUT2D eigenvalue weighted by Gasteiger charge is -2.12. The summed E-state index contributed by atoms with van der Waals surface area (Å²) in [5.41, 5.74) is 1.39. The van der Waals surface area contributed by atoms with Crippen LogP contribution in [0.4, 0.5) is 0 Å². The normalized spacial score (nSPS) is 11.2. The molecule has 0 aliphatic carbocycles. The summed E-state index contributed by atoms with van der Waals surface area (Å²) in [5, 5.41) is 19.0. The number of methoxy groups -OCH3 is 2. The zero-order chi connectivity index (χ0) is 26.1. The molecule has 0 fully saturated rings. The number of aromatic nitrogens is 3. The molecule has 36 heavy (non-hydrogen) atoms. The van der Waals surface area contributed by atoms with Crippen LogP contribution in [0.3, 0.4) is 0 Å². The van der Waals surface area contributed by atoms with Crippen LogP contribution in [0.1, 0.15) is 19.4 Å². The van der Waals surface area contributed by atoms with Gasteiger partial charge < -0.3 is 28.6 Å². The number of rotatable bonds is 13. The molecule has 1 N–H and O–H groups in total. The zero-order valence-corrected chi connectivity index (χ0v) is 21.5. The third-order valence-electron chi connectivity index (χ3n) is 4.98. The summed E-state index contributed by atoms with van der Waals surface area (Å²) in [7, 11) is 3.15. The summed E-state index contributed by atoms with van der Waals surface area (Å²) in [6.07, 6.45) is 3.21. The minimum absolute atomic E-state index is 0.0779. The molecular formula is C26H29N3O6S. The molecule has 3 aromatic rings. The minimum Gasteiger partial charge on any atom is -0.497 e. The molecule has 0 unspecified atom stereocenters. The van der Waals surface area contributed by atoms with Gasteiger partial charge in [0.05, 0.1) is 20.8 Å². The van der Waals surface area contributed by atoms with E-state index in [1.165, 1.54) is 0 Å². The average Bonchev–Trinajstić information content (AvgIpc) is 3.30. The van der Waals surface area contributed by atoms with Crippen molar-refractivity contribution >= 4 is 23.8 Å². The number of nitrogens with zero attached hydrogens (tertiary/aromatic N) is 3. The monoisotopic (exact) mass is 511 g/mol. The Hall–Kier alpha value is -3.92. The van der Waals surface area contributed by atoms with E-state index in [1.54, 1.807) is 50.6 Å². The standard InChI is InChI=1S/C26H29N3O6S/c1-6-11-35-21-10-9-17(12-22(21)34-8-3)13-23(25(30)31)36-26-28-27-24(29(26)7-2)18-14-19(32-4)16-20(15-18)33-5/h6,9-10,12-16H,1,7-8,11H2,2-5H3,(H,30,31)/b23-13-. The zero-order valence-electron chi connectivity index (χ0n) is 20.7. The molecule has 0 atom stereocenters. The Bertz CT molecular complexity index is 1230. The predicted octanol–water partition coefficient (Wildman–Crippen LogP) is 5.16. The molecule has 0 saturated heterocycles. The SMILES string of the molecule is C=CCOc1ccc(/C=C(\Sc2nnc(-c3cc(OC)cc(OC)c3)n2CC)C(=O)O)cc1OCC. The van der Waals surface area contributed by atoms with E-state index in [0.717, 1.165) is 17.3 Å². The molecule has 1 aromatic heterocycles. The van der Waals surface area contributed by atoms with Gasteiger partial charge in [0.25, 0.3) is 0 Å². The summed E-state index contributed by atoms with van der Waals surface area (Å²) in [5.74, 6) is 1.79. The number of thioether (sulfide) groups is 1. The largest absolute Gasteiger partial charge is 0.497 e. The Morgan fingerprint density at radius 3 is 2.36 bits per heavy atom. The molecule has 0 spiro atoms. The van der Waals surface area contributed by atoms with Gasteiger partial charge in [-0.15, -0.1) is 10.2 Å². The molecule has 190 valence electrons. The second-order valence-electron chi connectivity index (χ2n) is 7.31. The van der Waals surface area contributed by atoms with Crippen molar-refractivity contribution in [2.24, 2.45) is 0 Å². The quantitative estimate of drug-likeness (QED) is 0.189. The first-order valence-electron chi connectivity index (χ1n) is 11.2. The summed E-state index contributed by atoms with van der Waals surface area (Å²) in [4.78, 5) is 12.2. The maximum absolute atomic E-state index is 12.1. The predicted molar refractivity (Wildman–Crippen MR) is 139 cm³/mol. The number of benzene rings is 2. The van der Waals surface area contributed by atoms with Crippen molar-refractivity contribution < 1.29 is 28.8 Å². The molecular weight excluding hydrogens is 482 g/mol. The molecule has 3 rings (SSSR count). The lowest BCUT2D eigenvalue weighted by Crippen LogP contribution is -2.03. The Labute approximate surface area is 214 Å². The Balaban J connectivity index is 1.97. The third kappa shape index (κ3) is 6.39. The van der Waals surface area contributed by atoms with Crippen molar-refractivity contribution in [2.75, 3.05) is 27.4 Å². The fraction of sp³-hybridized carbons (Fsp3) is 0.269. The average molecular weight is 512 g/mol.